The molecule has 0 spiro atoms. The molecular weight excluding hydrogens is 479 g/mol. The van der Waals surface area contributed by atoms with Crippen molar-refractivity contribution in [1.82, 2.24) is 35.2 Å². The number of piperazine rings is 1. The molecule has 2 aromatic rings. The summed E-state index contributed by atoms with van der Waals surface area (Å²) in [4.78, 5) is 13.6. The Labute approximate surface area is 190 Å². The monoisotopic (exact) mass is 512 g/mol. The summed E-state index contributed by atoms with van der Waals surface area (Å²) in [5, 5.41) is 10.7. The van der Waals surface area contributed by atoms with Gasteiger partial charge in [-0.3, -0.25) is 14.6 Å². The van der Waals surface area contributed by atoms with Crippen LogP contribution in [0.4, 0.5) is 0 Å². The fourth-order valence-corrected chi connectivity index (χ4v) is 3.39. The Kier molecular flexibility index (Phi) is 10.4. The van der Waals surface area contributed by atoms with Crippen LogP contribution in [-0.2, 0) is 20.1 Å². The smallest absolute Gasteiger partial charge is 0.191 e. The molecule has 2 N–H and O–H groups in total. The van der Waals surface area contributed by atoms with Crippen LogP contribution in [0.5, 0.6) is 0 Å². The van der Waals surface area contributed by atoms with Crippen LogP contribution in [0.3, 0.4) is 0 Å². The average Bonchev–Trinajstić information content (AvgIpc) is 3.14. The minimum absolute atomic E-state index is 0. The van der Waals surface area contributed by atoms with Gasteiger partial charge in [0.1, 0.15) is 12.2 Å². The molecular formula is C20H33IN8. The zero-order valence-electron chi connectivity index (χ0n) is 17.4. The lowest BCUT2D eigenvalue weighted by molar-refractivity contribution is 0.126. The second-order valence-electron chi connectivity index (χ2n) is 7.11. The van der Waals surface area contributed by atoms with Gasteiger partial charge in [0, 0.05) is 53.4 Å². The van der Waals surface area contributed by atoms with E-state index >= 15 is 0 Å². The Morgan fingerprint density at radius 2 is 1.79 bits per heavy atom. The molecule has 29 heavy (non-hydrogen) atoms. The van der Waals surface area contributed by atoms with E-state index in [9.17, 15) is 0 Å². The fourth-order valence-electron chi connectivity index (χ4n) is 3.39. The highest BCUT2D eigenvalue weighted by Gasteiger charge is 2.16. The van der Waals surface area contributed by atoms with Crippen LogP contribution in [0.25, 0.3) is 0 Å². The van der Waals surface area contributed by atoms with E-state index in [1.165, 1.54) is 5.56 Å². The van der Waals surface area contributed by atoms with E-state index in [-0.39, 0.29) is 24.0 Å². The molecule has 0 radical (unpaired) electrons. The molecule has 1 aromatic heterocycles. The van der Waals surface area contributed by atoms with E-state index in [4.69, 9.17) is 0 Å². The topological polar surface area (TPSA) is 73.6 Å². The Bertz CT molecular complexity index is 725. The molecule has 0 saturated carbocycles. The van der Waals surface area contributed by atoms with E-state index in [1.807, 2.05) is 7.05 Å². The SMILES string of the molecule is CN=C(NCCCN1CCN(Cc2ccccc2)CC1)NCc1ncnn1C.I. The summed E-state index contributed by atoms with van der Waals surface area (Å²) < 4.78 is 1.76. The number of rotatable bonds is 8. The summed E-state index contributed by atoms with van der Waals surface area (Å²) >= 11 is 0. The predicted octanol–water partition coefficient (Wildman–Crippen LogP) is 1.31. The first-order valence-electron chi connectivity index (χ1n) is 10.0. The molecule has 1 aliphatic rings. The molecule has 160 valence electrons. The normalized spacial score (nSPS) is 15.7. The number of hydrogen-bond donors (Lipinski definition) is 2. The molecule has 8 nitrogen and oxygen atoms in total. The van der Waals surface area contributed by atoms with E-state index < -0.39 is 0 Å². The Balaban J connectivity index is 0.00000300. The first kappa shape index (κ1) is 23.6. The van der Waals surface area contributed by atoms with Crippen molar-refractivity contribution in [3.05, 3.63) is 48.0 Å². The van der Waals surface area contributed by atoms with E-state index in [0.29, 0.717) is 6.54 Å². The van der Waals surface area contributed by atoms with Crippen molar-refractivity contribution in [3.8, 4) is 0 Å². The zero-order valence-corrected chi connectivity index (χ0v) is 19.7. The lowest BCUT2D eigenvalue weighted by atomic mass is 10.2. The number of halogens is 1. The third kappa shape index (κ3) is 7.90. The minimum Gasteiger partial charge on any atom is -0.356 e. The van der Waals surface area contributed by atoms with Crippen LogP contribution in [-0.4, -0.2) is 76.8 Å². The van der Waals surface area contributed by atoms with E-state index in [1.54, 1.807) is 18.1 Å². The summed E-state index contributed by atoms with van der Waals surface area (Å²) in [6.07, 6.45) is 2.66. The van der Waals surface area contributed by atoms with Crippen molar-refractivity contribution >= 4 is 29.9 Å². The maximum Gasteiger partial charge on any atom is 0.191 e. The van der Waals surface area contributed by atoms with Gasteiger partial charge in [-0.25, -0.2) is 4.98 Å². The predicted molar refractivity (Wildman–Crippen MR) is 127 cm³/mol. The Morgan fingerprint density at radius 3 is 2.45 bits per heavy atom. The van der Waals surface area contributed by atoms with Crippen molar-refractivity contribution in [2.45, 2.75) is 19.5 Å². The summed E-state index contributed by atoms with van der Waals surface area (Å²) in [5.74, 6) is 1.69. The van der Waals surface area contributed by atoms with Crippen molar-refractivity contribution < 1.29 is 0 Å². The Morgan fingerprint density at radius 1 is 1.07 bits per heavy atom. The first-order chi connectivity index (χ1) is 13.7. The van der Waals surface area contributed by atoms with Crippen molar-refractivity contribution in [2.75, 3.05) is 46.3 Å². The van der Waals surface area contributed by atoms with Crippen LogP contribution >= 0.6 is 24.0 Å². The van der Waals surface area contributed by atoms with Gasteiger partial charge in [-0.2, -0.15) is 5.10 Å². The highest BCUT2D eigenvalue weighted by molar-refractivity contribution is 14.0. The van der Waals surface area contributed by atoms with Crippen molar-refractivity contribution in [1.29, 1.82) is 0 Å². The molecule has 9 heteroatoms. The number of benzene rings is 1. The maximum absolute atomic E-state index is 4.27. The number of nitrogens with zero attached hydrogens (tertiary/aromatic N) is 6. The Hall–Kier alpha value is -1.72. The molecule has 1 aromatic carbocycles. The minimum atomic E-state index is 0. The average molecular weight is 512 g/mol. The highest BCUT2D eigenvalue weighted by Crippen LogP contribution is 2.08. The molecule has 2 heterocycles. The number of aromatic nitrogens is 3. The van der Waals surface area contributed by atoms with Gasteiger partial charge in [0.25, 0.3) is 0 Å². The second-order valence-corrected chi connectivity index (χ2v) is 7.11. The standard InChI is InChI=1S/C20H32N8.HI/c1-21-20(23-15-19-24-17-25-26(19)2)22-9-6-10-27-11-13-28(14-12-27)16-18-7-4-3-5-8-18;/h3-5,7-8,17H,6,9-16H2,1-2H3,(H2,21,22,23);1H. The van der Waals surface area contributed by atoms with E-state index in [0.717, 1.165) is 64.0 Å². The van der Waals surface area contributed by atoms with Crippen LogP contribution in [0, 0.1) is 0 Å². The largest absolute Gasteiger partial charge is 0.356 e. The van der Waals surface area contributed by atoms with Crippen LogP contribution < -0.4 is 10.6 Å². The van der Waals surface area contributed by atoms with Gasteiger partial charge in [-0.15, -0.1) is 24.0 Å². The molecule has 1 aliphatic heterocycles. The maximum atomic E-state index is 4.27. The molecule has 0 amide bonds. The molecule has 3 rings (SSSR count). The number of guanidine groups is 1. The molecule has 1 fully saturated rings. The van der Waals surface area contributed by atoms with Crippen LogP contribution in [0.2, 0.25) is 0 Å². The fraction of sp³-hybridized carbons (Fsp3) is 0.550. The molecule has 0 bridgehead atoms. The summed E-state index contributed by atoms with van der Waals surface area (Å²) in [7, 11) is 3.68. The number of nitrogens with one attached hydrogen (secondary N) is 2. The quantitative estimate of drug-likeness (QED) is 0.241. The lowest BCUT2D eigenvalue weighted by Gasteiger charge is -2.34. The van der Waals surface area contributed by atoms with Gasteiger partial charge in [-0.05, 0) is 18.5 Å². The third-order valence-corrected chi connectivity index (χ3v) is 5.10. The molecule has 0 atom stereocenters. The third-order valence-electron chi connectivity index (χ3n) is 5.10. The molecule has 0 unspecified atom stereocenters. The van der Waals surface area contributed by atoms with Crippen LogP contribution in [0.1, 0.15) is 17.8 Å². The van der Waals surface area contributed by atoms with Crippen molar-refractivity contribution in [3.63, 3.8) is 0 Å². The summed E-state index contributed by atoms with van der Waals surface area (Å²) in [5.41, 5.74) is 1.40. The van der Waals surface area contributed by atoms with Gasteiger partial charge < -0.3 is 15.5 Å². The van der Waals surface area contributed by atoms with Crippen LogP contribution in [0.15, 0.2) is 41.7 Å². The zero-order chi connectivity index (χ0) is 19.6. The highest BCUT2D eigenvalue weighted by atomic mass is 127. The van der Waals surface area contributed by atoms with Crippen molar-refractivity contribution in [2.24, 2.45) is 12.0 Å². The number of aryl methyl sites for hydroxylation is 1. The summed E-state index contributed by atoms with van der Waals surface area (Å²) in [6.45, 7) is 8.27. The van der Waals surface area contributed by atoms with Gasteiger partial charge in [0.05, 0.1) is 6.54 Å². The first-order valence-corrected chi connectivity index (χ1v) is 10.0. The van der Waals surface area contributed by atoms with Gasteiger partial charge in [0.15, 0.2) is 5.96 Å². The molecule has 0 aliphatic carbocycles. The van der Waals surface area contributed by atoms with Gasteiger partial charge in [0.2, 0.25) is 0 Å². The van der Waals surface area contributed by atoms with E-state index in [2.05, 4.69) is 65.8 Å². The second kappa shape index (κ2) is 12.8. The number of aliphatic imine (C=N–C) groups is 1. The summed E-state index contributed by atoms with van der Waals surface area (Å²) in [6, 6.07) is 10.7. The van der Waals surface area contributed by atoms with Gasteiger partial charge >= 0.3 is 0 Å². The molecule has 1 saturated heterocycles. The van der Waals surface area contributed by atoms with Gasteiger partial charge in [-0.1, -0.05) is 30.3 Å². The lowest BCUT2D eigenvalue weighted by Crippen LogP contribution is -2.46. The number of hydrogen-bond acceptors (Lipinski definition) is 5.